The van der Waals surface area contributed by atoms with Crippen LogP contribution in [0.2, 0.25) is 0 Å². The van der Waals surface area contributed by atoms with Gasteiger partial charge in [-0.3, -0.25) is 0 Å². The third kappa shape index (κ3) is 2.99. The molecule has 3 heteroatoms. The van der Waals surface area contributed by atoms with Gasteiger partial charge in [-0.1, -0.05) is 42.5 Å². The molecule has 1 radical (unpaired) electrons. The van der Waals surface area contributed by atoms with Crippen molar-refractivity contribution in [2.24, 2.45) is 0 Å². The van der Waals surface area contributed by atoms with Crippen LogP contribution in [0.1, 0.15) is 28.4 Å². The van der Waals surface area contributed by atoms with Crippen LogP contribution < -0.4 is 9.80 Å². The van der Waals surface area contributed by atoms with E-state index in [1.165, 1.54) is 32.8 Å². The van der Waals surface area contributed by atoms with Crippen molar-refractivity contribution in [1.29, 1.82) is 0 Å². The molecule has 119 valence electrons. The summed E-state index contributed by atoms with van der Waals surface area (Å²) in [5.74, 6) is 0. The Kier molecular flexibility index (Phi) is 5.44. The molecule has 1 aliphatic rings. The number of hydrogen-bond acceptors (Lipinski definition) is 1. The molecule has 0 aromatic heterocycles. The maximum atomic E-state index is 4.35. The van der Waals surface area contributed by atoms with E-state index in [0.29, 0.717) is 6.17 Å². The van der Waals surface area contributed by atoms with Gasteiger partial charge in [-0.2, -0.15) is 0 Å². The fourth-order valence-corrected chi connectivity index (χ4v) is 3.53. The Morgan fingerprint density at radius 1 is 0.955 bits per heavy atom. The molecular formula is C19H24IrN2. The van der Waals surface area contributed by atoms with Gasteiger partial charge in [0.05, 0.1) is 13.1 Å². The molecule has 2 aromatic rings. The summed E-state index contributed by atoms with van der Waals surface area (Å²) < 4.78 is 0. The van der Waals surface area contributed by atoms with Crippen LogP contribution in [0.25, 0.3) is 0 Å². The Bertz CT molecular complexity index is 633. The van der Waals surface area contributed by atoms with Crippen LogP contribution in [0.3, 0.4) is 0 Å². The summed E-state index contributed by atoms with van der Waals surface area (Å²) in [4.78, 5) is 3.86. The molecule has 1 saturated heterocycles. The summed E-state index contributed by atoms with van der Waals surface area (Å²) in [6.07, 6.45) is 0.311. The summed E-state index contributed by atoms with van der Waals surface area (Å²) in [6.45, 7) is 8.75. The number of nitrogens with one attached hydrogen (secondary N) is 1. The molecule has 2 atom stereocenters. The smallest absolute Gasteiger partial charge is 0.166 e. The number of nitrogens with zero attached hydrogens (tertiary/aromatic N) is 1. The molecule has 0 amide bonds. The van der Waals surface area contributed by atoms with Crippen molar-refractivity contribution in [3.05, 3.63) is 71.8 Å². The van der Waals surface area contributed by atoms with Gasteiger partial charge in [0, 0.05) is 31.4 Å². The average molecular weight is 473 g/mol. The molecule has 1 fully saturated rings. The molecule has 0 bridgehead atoms. The number of para-hydroxylation sites is 1. The second-order valence-electron chi connectivity index (χ2n) is 6.10. The summed E-state index contributed by atoms with van der Waals surface area (Å²) in [6, 6.07) is 15.2. The fourth-order valence-electron chi connectivity index (χ4n) is 3.53. The van der Waals surface area contributed by atoms with Crippen molar-refractivity contribution in [3.8, 4) is 0 Å². The average Bonchev–Trinajstić information content (AvgIpc) is 2.81. The Labute approximate surface area is 147 Å². The van der Waals surface area contributed by atoms with E-state index in [2.05, 4.69) is 75.2 Å². The van der Waals surface area contributed by atoms with Crippen LogP contribution in [-0.4, -0.2) is 13.1 Å². The monoisotopic (exact) mass is 473 g/mol. The Balaban J connectivity index is 0.00000176. The SMILES string of the molecule is [CH2-][NH+]1CCN(c2c(C)cccc2C)C1c1ccccc1C.[Ir]. The molecule has 0 saturated carbocycles. The Morgan fingerprint density at radius 2 is 1.55 bits per heavy atom. The molecular weight excluding hydrogens is 448 g/mol. The van der Waals surface area contributed by atoms with E-state index < -0.39 is 0 Å². The number of benzene rings is 2. The van der Waals surface area contributed by atoms with Crippen LogP contribution in [0.5, 0.6) is 0 Å². The van der Waals surface area contributed by atoms with Crippen molar-refractivity contribution in [2.75, 3.05) is 18.0 Å². The third-order valence-electron chi connectivity index (χ3n) is 4.58. The van der Waals surface area contributed by atoms with Gasteiger partial charge in [0.15, 0.2) is 6.17 Å². The molecule has 0 aliphatic carbocycles. The van der Waals surface area contributed by atoms with E-state index in [0.717, 1.165) is 13.1 Å². The quantitative estimate of drug-likeness (QED) is 0.661. The minimum absolute atomic E-state index is 0. The standard InChI is InChI=1S/C19H24N2.Ir/c1-14-8-5-6-11-17(14)19-20(4)12-13-21(19)18-15(2)9-7-10-16(18)3;/h5-11,19-20H,4,12-13H2,1-3H3;. The number of hydrogen-bond donors (Lipinski definition) is 1. The van der Waals surface area contributed by atoms with Crippen LogP contribution in [0.4, 0.5) is 5.69 Å². The third-order valence-corrected chi connectivity index (χ3v) is 4.58. The zero-order valence-corrected chi connectivity index (χ0v) is 15.9. The first-order valence-corrected chi connectivity index (χ1v) is 7.65. The van der Waals surface area contributed by atoms with Crippen molar-refractivity contribution in [2.45, 2.75) is 26.9 Å². The number of anilines is 1. The van der Waals surface area contributed by atoms with E-state index in [-0.39, 0.29) is 20.1 Å². The first-order valence-electron chi connectivity index (χ1n) is 7.65. The molecule has 1 aliphatic heterocycles. The van der Waals surface area contributed by atoms with Gasteiger partial charge in [-0.25, -0.2) is 0 Å². The first-order chi connectivity index (χ1) is 10.1. The maximum Gasteiger partial charge on any atom is 0.166 e. The van der Waals surface area contributed by atoms with Crippen LogP contribution >= 0.6 is 0 Å². The van der Waals surface area contributed by atoms with Gasteiger partial charge in [-0.05, 0) is 37.5 Å². The summed E-state index contributed by atoms with van der Waals surface area (Å²) >= 11 is 0. The zero-order valence-electron chi connectivity index (χ0n) is 13.5. The minimum atomic E-state index is 0. The summed E-state index contributed by atoms with van der Waals surface area (Å²) in [7, 11) is 4.35. The number of aryl methyl sites for hydroxylation is 3. The Hall–Kier alpha value is -1.15. The van der Waals surface area contributed by atoms with Gasteiger partial charge in [0.2, 0.25) is 0 Å². The van der Waals surface area contributed by atoms with Crippen LogP contribution in [0.15, 0.2) is 42.5 Å². The molecule has 22 heavy (non-hydrogen) atoms. The van der Waals surface area contributed by atoms with E-state index in [1.54, 1.807) is 0 Å². The normalized spacial score (nSPS) is 20.8. The van der Waals surface area contributed by atoms with Gasteiger partial charge < -0.3 is 9.80 Å². The van der Waals surface area contributed by atoms with Gasteiger partial charge in [0.1, 0.15) is 0 Å². The van der Waals surface area contributed by atoms with Crippen molar-refractivity contribution in [3.63, 3.8) is 0 Å². The predicted octanol–water partition coefficient (Wildman–Crippen LogP) is 2.80. The molecule has 2 aromatic carbocycles. The Morgan fingerprint density at radius 3 is 2.18 bits per heavy atom. The minimum Gasteiger partial charge on any atom is -0.443 e. The molecule has 2 nitrogen and oxygen atoms in total. The van der Waals surface area contributed by atoms with Gasteiger partial charge >= 0.3 is 0 Å². The topological polar surface area (TPSA) is 7.68 Å². The summed E-state index contributed by atoms with van der Waals surface area (Å²) in [5, 5.41) is 0. The van der Waals surface area contributed by atoms with Crippen LogP contribution in [-0.2, 0) is 20.1 Å². The number of quaternary nitrogens is 1. The number of rotatable bonds is 2. The molecule has 3 rings (SSSR count). The van der Waals surface area contributed by atoms with E-state index in [4.69, 9.17) is 0 Å². The largest absolute Gasteiger partial charge is 0.443 e. The molecule has 1 heterocycles. The van der Waals surface area contributed by atoms with E-state index in [1.807, 2.05) is 0 Å². The van der Waals surface area contributed by atoms with E-state index >= 15 is 0 Å². The maximum absolute atomic E-state index is 4.35. The molecule has 0 spiro atoms. The van der Waals surface area contributed by atoms with E-state index in [9.17, 15) is 0 Å². The summed E-state index contributed by atoms with van der Waals surface area (Å²) in [5.41, 5.74) is 6.82. The second kappa shape index (κ2) is 6.95. The van der Waals surface area contributed by atoms with Gasteiger partial charge in [0.25, 0.3) is 0 Å². The molecule has 2 unspecified atom stereocenters. The molecule has 1 N–H and O–H groups in total. The first kappa shape index (κ1) is 17.2. The zero-order chi connectivity index (χ0) is 15.0. The predicted molar refractivity (Wildman–Crippen MR) is 88.4 cm³/mol. The van der Waals surface area contributed by atoms with Crippen LogP contribution in [0, 0.1) is 27.8 Å². The van der Waals surface area contributed by atoms with Crippen molar-refractivity contribution < 1.29 is 25.0 Å². The van der Waals surface area contributed by atoms with Crippen molar-refractivity contribution >= 4 is 5.69 Å². The van der Waals surface area contributed by atoms with Gasteiger partial charge in [-0.15, -0.1) is 7.05 Å². The second-order valence-corrected chi connectivity index (χ2v) is 6.10. The fraction of sp³-hybridized carbons (Fsp3) is 0.316. The van der Waals surface area contributed by atoms with Crippen molar-refractivity contribution in [1.82, 2.24) is 0 Å².